The summed E-state index contributed by atoms with van der Waals surface area (Å²) in [6.07, 6.45) is 3.68. The van der Waals surface area contributed by atoms with Gasteiger partial charge in [0.05, 0.1) is 16.9 Å². The van der Waals surface area contributed by atoms with Gasteiger partial charge in [0, 0.05) is 35.7 Å². The summed E-state index contributed by atoms with van der Waals surface area (Å²) in [5.41, 5.74) is 3.83. The summed E-state index contributed by atoms with van der Waals surface area (Å²) < 4.78 is 0. The monoisotopic (exact) mass is 288 g/mol. The molecule has 0 fully saturated rings. The average Bonchev–Trinajstić information content (AvgIpc) is 3.11. The fraction of sp³-hybridized carbons (Fsp3) is 0.154. The molecule has 3 aromatic heterocycles. The first kappa shape index (κ1) is 12.4. The van der Waals surface area contributed by atoms with E-state index in [0.717, 1.165) is 29.5 Å². The predicted octanol–water partition coefficient (Wildman–Crippen LogP) is 2.95. The van der Waals surface area contributed by atoms with E-state index in [-0.39, 0.29) is 0 Å². The van der Waals surface area contributed by atoms with Crippen molar-refractivity contribution < 1.29 is 0 Å². The quantitative estimate of drug-likeness (QED) is 0.784. The van der Waals surface area contributed by atoms with E-state index < -0.39 is 0 Å². The Morgan fingerprint density at radius 3 is 2.95 bits per heavy atom. The molecule has 6 heteroatoms. The van der Waals surface area contributed by atoms with E-state index in [4.69, 9.17) is 0 Å². The molecular formula is C13H12N4S2. The van der Waals surface area contributed by atoms with E-state index >= 15 is 0 Å². The molecule has 3 heterocycles. The third kappa shape index (κ3) is 3.23. The highest BCUT2D eigenvalue weighted by Crippen LogP contribution is 2.21. The third-order valence-electron chi connectivity index (χ3n) is 2.52. The lowest BCUT2D eigenvalue weighted by molar-refractivity contribution is 0.689. The molecule has 0 aromatic carbocycles. The third-order valence-corrected chi connectivity index (χ3v) is 4.22. The molecule has 96 valence electrons. The minimum Gasteiger partial charge on any atom is -0.306 e. The van der Waals surface area contributed by atoms with Gasteiger partial charge in [0.2, 0.25) is 0 Å². The maximum atomic E-state index is 4.58. The molecule has 0 saturated carbocycles. The Kier molecular flexibility index (Phi) is 3.92. The van der Waals surface area contributed by atoms with Crippen LogP contribution in [-0.2, 0) is 13.1 Å². The highest BCUT2D eigenvalue weighted by Gasteiger charge is 2.05. The second-order valence-corrected chi connectivity index (χ2v) is 5.76. The molecule has 0 bridgehead atoms. The molecule has 0 unspecified atom stereocenters. The molecule has 0 aliphatic carbocycles. The fourth-order valence-electron chi connectivity index (χ4n) is 1.64. The molecule has 0 amide bonds. The van der Waals surface area contributed by atoms with Gasteiger partial charge in [-0.2, -0.15) is 0 Å². The summed E-state index contributed by atoms with van der Waals surface area (Å²) in [4.78, 5) is 14.2. The van der Waals surface area contributed by atoms with Gasteiger partial charge in [-0.15, -0.1) is 22.7 Å². The van der Waals surface area contributed by atoms with Crippen molar-refractivity contribution in [2.75, 3.05) is 0 Å². The van der Waals surface area contributed by atoms with Crippen LogP contribution in [0.4, 0.5) is 0 Å². The normalized spacial score (nSPS) is 10.7. The summed E-state index contributed by atoms with van der Waals surface area (Å²) in [7, 11) is 0. The van der Waals surface area contributed by atoms with Crippen molar-refractivity contribution >= 4 is 22.7 Å². The second kappa shape index (κ2) is 6.01. The Labute approximate surface area is 119 Å². The van der Waals surface area contributed by atoms with Crippen molar-refractivity contribution in [1.82, 2.24) is 20.3 Å². The van der Waals surface area contributed by atoms with Crippen LogP contribution < -0.4 is 5.32 Å². The Morgan fingerprint density at radius 1 is 1.16 bits per heavy atom. The van der Waals surface area contributed by atoms with Crippen molar-refractivity contribution in [3.8, 4) is 10.7 Å². The Balaban J connectivity index is 1.59. The minimum atomic E-state index is 0.765. The van der Waals surface area contributed by atoms with E-state index in [0.29, 0.717) is 0 Å². The van der Waals surface area contributed by atoms with E-state index in [1.807, 2.05) is 29.9 Å². The number of aromatic nitrogens is 3. The molecule has 0 radical (unpaired) electrons. The first-order chi connectivity index (χ1) is 9.42. The van der Waals surface area contributed by atoms with Gasteiger partial charge in [-0.3, -0.25) is 9.97 Å². The number of rotatable bonds is 5. The van der Waals surface area contributed by atoms with Gasteiger partial charge >= 0.3 is 0 Å². The molecule has 1 N–H and O–H groups in total. The molecule has 0 saturated heterocycles. The van der Waals surface area contributed by atoms with Gasteiger partial charge in [0.15, 0.2) is 0 Å². The number of thiazole rings is 2. The van der Waals surface area contributed by atoms with Gasteiger partial charge < -0.3 is 5.32 Å². The van der Waals surface area contributed by atoms with E-state index in [1.54, 1.807) is 28.9 Å². The highest BCUT2D eigenvalue weighted by atomic mass is 32.1. The summed E-state index contributed by atoms with van der Waals surface area (Å²) in [5.74, 6) is 0. The smallest absolute Gasteiger partial charge is 0.142 e. The van der Waals surface area contributed by atoms with Crippen LogP contribution in [0.5, 0.6) is 0 Å². The van der Waals surface area contributed by atoms with Gasteiger partial charge in [0.1, 0.15) is 5.01 Å². The number of hydrogen-bond donors (Lipinski definition) is 1. The van der Waals surface area contributed by atoms with Gasteiger partial charge in [-0.25, -0.2) is 4.98 Å². The summed E-state index contributed by atoms with van der Waals surface area (Å²) in [5, 5.41) is 6.40. The van der Waals surface area contributed by atoms with E-state index in [9.17, 15) is 0 Å². The largest absolute Gasteiger partial charge is 0.306 e. The fourth-order valence-corrected chi connectivity index (χ4v) is 3.00. The molecule has 19 heavy (non-hydrogen) atoms. The van der Waals surface area contributed by atoms with Crippen LogP contribution in [0.1, 0.15) is 10.6 Å². The lowest BCUT2D eigenvalue weighted by atomic mass is 10.3. The zero-order valence-corrected chi connectivity index (χ0v) is 11.7. The van der Waals surface area contributed by atoms with Crippen LogP contribution in [-0.4, -0.2) is 15.0 Å². The minimum absolute atomic E-state index is 0.765. The van der Waals surface area contributed by atoms with Crippen LogP contribution in [0.15, 0.2) is 41.5 Å². The van der Waals surface area contributed by atoms with Gasteiger partial charge in [-0.05, 0) is 12.1 Å². The first-order valence-electron chi connectivity index (χ1n) is 5.86. The Morgan fingerprint density at radius 2 is 2.16 bits per heavy atom. The summed E-state index contributed by atoms with van der Waals surface area (Å²) in [6.45, 7) is 1.60. The number of nitrogens with zero attached hydrogens (tertiary/aromatic N) is 3. The van der Waals surface area contributed by atoms with Crippen LogP contribution in [0, 0.1) is 0 Å². The van der Waals surface area contributed by atoms with Gasteiger partial charge in [-0.1, -0.05) is 6.07 Å². The maximum absolute atomic E-state index is 4.58. The lowest BCUT2D eigenvalue weighted by Gasteiger charge is -1.99. The van der Waals surface area contributed by atoms with Crippen molar-refractivity contribution in [2.24, 2.45) is 0 Å². The molecule has 4 nitrogen and oxygen atoms in total. The lowest BCUT2D eigenvalue weighted by Crippen LogP contribution is -2.11. The molecular weight excluding hydrogens is 276 g/mol. The maximum Gasteiger partial charge on any atom is 0.142 e. The van der Waals surface area contributed by atoms with E-state index in [1.165, 1.54) is 4.88 Å². The zero-order chi connectivity index (χ0) is 12.9. The molecule has 0 aliphatic rings. The van der Waals surface area contributed by atoms with Crippen molar-refractivity contribution in [3.63, 3.8) is 0 Å². The van der Waals surface area contributed by atoms with Crippen molar-refractivity contribution in [2.45, 2.75) is 13.1 Å². The molecule has 3 aromatic rings. The number of pyridine rings is 1. The van der Waals surface area contributed by atoms with Crippen molar-refractivity contribution in [1.29, 1.82) is 0 Å². The van der Waals surface area contributed by atoms with Crippen molar-refractivity contribution in [3.05, 3.63) is 52.1 Å². The zero-order valence-electron chi connectivity index (χ0n) is 10.1. The number of hydrogen-bond acceptors (Lipinski definition) is 6. The van der Waals surface area contributed by atoms with Crippen LogP contribution in [0.3, 0.4) is 0 Å². The van der Waals surface area contributed by atoms with Crippen LogP contribution in [0.25, 0.3) is 10.7 Å². The Bertz CT molecular complexity index is 619. The van der Waals surface area contributed by atoms with E-state index in [2.05, 4.69) is 25.6 Å². The SMILES string of the molecule is c1ccc(-c2nc(CNCc3cncs3)cs2)nc1. The average molecular weight is 288 g/mol. The molecule has 3 rings (SSSR count). The predicted molar refractivity (Wildman–Crippen MR) is 78.0 cm³/mol. The number of nitrogens with one attached hydrogen (secondary N) is 1. The molecule has 0 aliphatic heterocycles. The molecule has 0 spiro atoms. The van der Waals surface area contributed by atoms with Gasteiger partial charge in [0.25, 0.3) is 0 Å². The Hall–Kier alpha value is -1.63. The summed E-state index contributed by atoms with van der Waals surface area (Å²) in [6, 6.07) is 5.87. The first-order valence-corrected chi connectivity index (χ1v) is 7.61. The molecule has 0 atom stereocenters. The highest BCUT2D eigenvalue weighted by molar-refractivity contribution is 7.13. The second-order valence-electron chi connectivity index (χ2n) is 3.93. The standard InChI is InChI=1S/C13H12N4S2/c1-2-4-16-12(3-1)13-17-10(8-18-13)5-14-6-11-7-15-9-19-11/h1-4,7-9,14H,5-6H2. The van der Waals surface area contributed by atoms with Crippen LogP contribution >= 0.6 is 22.7 Å². The topological polar surface area (TPSA) is 50.7 Å². The summed E-state index contributed by atoms with van der Waals surface area (Å²) >= 11 is 3.29. The van der Waals surface area contributed by atoms with Crippen LogP contribution in [0.2, 0.25) is 0 Å².